The lowest BCUT2D eigenvalue weighted by Crippen LogP contribution is -2.21. The fraction of sp³-hybridized carbons (Fsp3) is 0.162. The summed E-state index contributed by atoms with van der Waals surface area (Å²) in [5.74, 6) is 0.517. The normalized spacial score (nSPS) is 17.2. The lowest BCUT2D eigenvalue weighted by atomic mass is 9.78. The molecule has 7 rings (SSSR count). The van der Waals surface area contributed by atoms with Gasteiger partial charge in [-0.05, 0) is 107 Å². The largest absolute Gasteiger partial charge is 0.481 e. The van der Waals surface area contributed by atoms with E-state index in [1.807, 2.05) is 36.4 Å². The maximum absolute atomic E-state index is 11.1. The van der Waals surface area contributed by atoms with Gasteiger partial charge in [0, 0.05) is 10.4 Å². The van der Waals surface area contributed by atoms with Gasteiger partial charge < -0.3 is 9.84 Å². The van der Waals surface area contributed by atoms with Gasteiger partial charge in [0.05, 0.1) is 11.7 Å². The molecule has 0 radical (unpaired) electrons. The summed E-state index contributed by atoms with van der Waals surface area (Å²) in [5, 5.41) is 9.21. The number of carbonyl (C=O) groups is 1. The molecular formula is C37H31ClO5S. The van der Waals surface area contributed by atoms with Gasteiger partial charge in [-0.1, -0.05) is 84.4 Å². The van der Waals surface area contributed by atoms with Gasteiger partial charge in [0.25, 0.3) is 0 Å². The van der Waals surface area contributed by atoms with E-state index in [2.05, 4.69) is 54.6 Å². The molecule has 0 spiro atoms. The quantitative estimate of drug-likeness (QED) is 0.241. The van der Waals surface area contributed by atoms with Gasteiger partial charge in [0.1, 0.15) is 11.5 Å². The monoisotopic (exact) mass is 622 g/mol. The molecule has 3 aliphatic rings. The number of halogens is 1. The minimum atomic E-state index is -3.37. The number of fused-ring (bicyclic) bond motifs is 5. The number of carboxylic acid groups (broad SMARTS) is 1. The molecular weight excluding hydrogens is 592 g/mol. The molecule has 4 aromatic carbocycles. The molecule has 0 bridgehead atoms. The summed E-state index contributed by atoms with van der Waals surface area (Å²) >= 11 is 5.96. The SMILES string of the molecule is Clc1ccc(Oc2ccc(C3=Cc4ccc5c(c4CC3)CCc3ccccc3-5)cc2)cc1.O=C(O)CC1C=CC=CS1(=O)=O. The average molecular weight is 623 g/mol. The number of aliphatic carboxylic acids is 1. The summed E-state index contributed by atoms with van der Waals surface area (Å²) in [7, 11) is -3.37. The van der Waals surface area contributed by atoms with Crippen LogP contribution in [0.1, 0.15) is 40.7 Å². The molecule has 1 atom stereocenters. The van der Waals surface area contributed by atoms with E-state index >= 15 is 0 Å². The molecule has 7 heteroatoms. The molecule has 222 valence electrons. The number of allylic oxidation sites excluding steroid dienone is 3. The van der Waals surface area contributed by atoms with Crippen LogP contribution in [-0.2, 0) is 33.9 Å². The Morgan fingerprint density at radius 3 is 2.23 bits per heavy atom. The van der Waals surface area contributed by atoms with Crippen molar-refractivity contribution in [3.8, 4) is 22.6 Å². The minimum absolute atomic E-state index is 0.372. The molecule has 0 aromatic heterocycles. The highest BCUT2D eigenvalue weighted by atomic mass is 35.5. The minimum Gasteiger partial charge on any atom is -0.481 e. The highest BCUT2D eigenvalue weighted by molar-refractivity contribution is 7.95. The first-order chi connectivity index (χ1) is 21.3. The third-order valence-electron chi connectivity index (χ3n) is 8.17. The van der Waals surface area contributed by atoms with Crippen molar-refractivity contribution >= 4 is 39.1 Å². The second-order valence-electron chi connectivity index (χ2n) is 11.0. The van der Waals surface area contributed by atoms with E-state index < -0.39 is 21.1 Å². The van der Waals surface area contributed by atoms with Crippen molar-refractivity contribution in [2.75, 3.05) is 0 Å². The van der Waals surface area contributed by atoms with Crippen LogP contribution < -0.4 is 4.74 Å². The van der Waals surface area contributed by atoms with Crippen LogP contribution in [0, 0.1) is 0 Å². The third kappa shape index (κ3) is 6.57. The Hall–Kier alpha value is -4.39. The maximum Gasteiger partial charge on any atom is 0.305 e. The van der Waals surface area contributed by atoms with Gasteiger partial charge in [-0.3, -0.25) is 4.79 Å². The van der Waals surface area contributed by atoms with Crippen LogP contribution in [-0.4, -0.2) is 24.7 Å². The summed E-state index contributed by atoms with van der Waals surface area (Å²) in [6, 6.07) is 29.4. The van der Waals surface area contributed by atoms with Crippen LogP contribution in [0.3, 0.4) is 0 Å². The number of benzene rings is 4. The summed E-state index contributed by atoms with van der Waals surface area (Å²) in [6.45, 7) is 0. The van der Waals surface area contributed by atoms with E-state index in [1.54, 1.807) is 11.1 Å². The van der Waals surface area contributed by atoms with Crippen LogP contribution in [0.5, 0.6) is 11.5 Å². The van der Waals surface area contributed by atoms with Gasteiger partial charge in [0.2, 0.25) is 0 Å². The number of rotatable bonds is 5. The van der Waals surface area contributed by atoms with Gasteiger partial charge >= 0.3 is 5.97 Å². The lowest BCUT2D eigenvalue weighted by Gasteiger charge is -2.26. The summed E-state index contributed by atoms with van der Waals surface area (Å²) in [5.41, 5.74) is 11.5. The molecule has 1 unspecified atom stereocenters. The summed E-state index contributed by atoms with van der Waals surface area (Å²) in [6.07, 6.45) is 10.8. The zero-order valence-electron chi connectivity index (χ0n) is 23.9. The van der Waals surface area contributed by atoms with E-state index in [0.717, 1.165) is 42.6 Å². The van der Waals surface area contributed by atoms with Crippen LogP contribution in [0.4, 0.5) is 0 Å². The fourth-order valence-electron chi connectivity index (χ4n) is 5.97. The zero-order chi connectivity index (χ0) is 30.7. The van der Waals surface area contributed by atoms with Crippen LogP contribution in [0.15, 0.2) is 109 Å². The first kappa shape index (κ1) is 29.7. The van der Waals surface area contributed by atoms with E-state index in [1.165, 1.54) is 51.6 Å². The Kier molecular flexibility index (Phi) is 8.56. The number of hydrogen-bond donors (Lipinski definition) is 1. The highest BCUT2D eigenvalue weighted by Gasteiger charge is 2.24. The van der Waals surface area contributed by atoms with Crippen molar-refractivity contribution < 1.29 is 23.1 Å². The fourth-order valence-corrected chi connectivity index (χ4v) is 7.30. The number of carboxylic acids is 1. The van der Waals surface area contributed by atoms with Crippen molar-refractivity contribution in [3.63, 3.8) is 0 Å². The van der Waals surface area contributed by atoms with E-state index in [-0.39, 0.29) is 6.42 Å². The molecule has 0 saturated carbocycles. The lowest BCUT2D eigenvalue weighted by molar-refractivity contribution is -0.136. The van der Waals surface area contributed by atoms with Crippen molar-refractivity contribution in [1.29, 1.82) is 0 Å². The number of sulfone groups is 1. The summed E-state index contributed by atoms with van der Waals surface area (Å²) in [4.78, 5) is 10.2. The molecule has 4 aromatic rings. The summed E-state index contributed by atoms with van der Waals surface area (Å²) < 4.78 is 28.2. The Bertz CT molecular complexity index is 1900. The zero-order valence-corrected chi connectivity index (χ0v) is 25.5. The maximum atomic E-state index is 11.1. The second-order valence-corrected chi connectivity index (χ2v) is 13.5. The number of ether oxygens (including phenoxy) is 1. The van der Waals surface area contributed by atoms with Gasteiger partial charge in [-0.15, -0.1) is 0 Å². The Balaban J connectivity index is 0.000000242. The van der Waals surface area contributed by atoms with E-state index in [4.69, 9.17) is 21.4 Å². The molecule has 2 aliphatic carbocycles. The first-order valence-electron chi connectivity index (χ1n) is 14.5. The third-order valence-corrected chi connectivity index (χ3v) is 10.1. The van der Waals surface area contributed by atoms with E-state index in [0.29, 0.717) is 5.02 Å². The average Bonchev–Trinajstić information content (AvgIpc) is 3.03. The van der Waals surface area contributed by atoms with E-state index in [9.17, 15) is 13.2 Å². The molecule has 0 saturated heterocycles. The smallest absolute Gasteiger partial charge is 0.305 e. The van der Waals surface area contributed by atoms with Gasteiger partial charge in [-0.25, -0.2) is 8.42 Å². The standard InChI is InChI=1S/C30H23ClO.C7H8O4S/c31-24-10-14-26(15-11-24)32-25-12-5-20(6-13-25)22-8-16-28-23(19-22)9-18-29-27-4-2-1-3-21(27)7-17-30(28)29;8-7(9)5-6-3-1-2-4-12(6,10)11/h1-6,9-15,18-19H,7-8,16-17H2;1-4,6H,5H2,(H,8,9). The van der Waals surface area contributed by atoms with Crippen molar-refractivity contribution in [2.45, 2.75) is 37.4 Å². The Morgan fingerprint density at radius 2 is 1.50 bits per heavy atom. The van der Waals surface area contributed by atoms with Crippen molar-refractivity contribution in [3.05, 3.63) is 141 Å². The molecule has 44 heavy (non-hydrogen) atoms. The predicted molar refractivity (Wildman–Crippen MR) is 177 cm³/mol. The highest BCUT2D eigenvalue weighted by Crippen LogP contribution is 2.40. The molecule has 1 N–H and O–H groups in total. The number of aryl methyl sites for hydroxylation is 1. The van der Waals surface area contributed by atoms with Crippen LogP contribution in [0.25, 0.3) is 22.8 Å². The number of hydrogen-bond acceptors (Lipinski definition) is 4. The molecule has 0 amide bonds. The topological polar surface area (TPSA) is 80.7 Å². The Labute approximate surface area is 262 Å². The van der Waals surface area contributed by atoms with Crippen LogP contribution >= 0.6 is 11.6 Å². The van der Waals surface area contributed by atoms with Crippen LogP contribution in [0.2, 0.25) is 5.02 Å². The second kappa shape index (κ2) is 12.7. The molecule has 0 fully saturated rings. The Morgan fingerprint density at radius 1 is 0.795 bits per heavy atom. The van der Waals surface area contributed by atoms with Crippen molar-refractivity contribution in [1.82, 2.24) is 0 Å². The molecule has 1 aliphatic heterocycles. The molecule has 5 nitrogen and oxygen atoms in total. The predicted octanol–water partition coefficient (Wildman–Crippen LogP) is 8.71. The van der Waals surface area contributed by atoms with Gasteiger partial charge in [0.15, 0.2) is 9.84 Å². The first-order valence-corrected chi connectivity index (χ1v) is 16.5. The van der Waals surface area contributed by atoms with Gasteiger partial charge in [-0.2, -0.15) is 0 Å². The molecule has 1 heterocycles. The van der Waals surface area contributed by atoms with Crippen molar-refractivity contribution in [2.24, 2.45) is 0 Å².